The van der Waals surface area contributed by atoms with Crippen LogP contribution in [0.4, 0.5) is 4.39 Å². The Morgan fingerprint density at radius 3 is 2.32 bits per heavy atom. The summed E-state index contributed by atoms with van der Waals surface area (Å²) in [6.07, 6.45) is 0.572. The molecule has 7 heteroatoms. The zero-order valence-corrected chi connectivity index (χ0v) is 17.8. The van der Waals surface area contributed by atoms with Gasteiger partial charge < -0.3 is 15.0 Å². The maximum Gasteiger partial charge on any atom is 0.243 e. The molecule has 0 bridgehead atoms. The van der Waals surface area contributed by atoms with E-state index < -0.39 is 0 Å². The van der Waals surface area contributed by atoms with Gasteiger partial charge in [-0.1, -0.05) is 65.8 Å². The largest absolute Gasteiger partial charge is 0.486 e. The minimum atomic E-state index is -0.388. The van der Waals surface area contributed by atoms with E-state index in [4.69, 9.17) is 15.0 Å². The number of ether oxygens (including phenoxy) is 1. The SMILES string of the molecule is Cc1noc(C(N)Cc2ccc(-c3ccc(OCc4ccccc4)c(F)c3)cc2)n1.Cl. The van der Waals surface area contributed by atoms with E-state index in [1.54, 1.807) is 13.0 Å². The maximum absolute atomic E-state index is 14.5. The zero-order chi connectivity index (χ0) is 20.9. The normalized spacial score (nSPS) is 11.6. The van der Waals surface area contributed by atoms with E-state index in [2.05, 4.69) is 10.1 Å². The summed E-state index contributed by atoms with van der Waals surface area (Å²) in [6, 6.07) is 22.1. The van der Waals surface area contributed by atoms with Gasteiger partial charge in [0.15, 0.2) is 17.4 Å². The molecule has 0 saturated carbocycles. The second-order valence-corrected chi connectivity index (χ2v) is 7.11. The molecule has 4 rings (SSSR count). The molecule has 31 heavy (non-hydrogen) atoms. The van der Waals surface area contributed by atoms with Crippen LogP contribution in [-0.4, -0.2) is 10.1 Å². The topological polar surface area (TPSA) is 74.2 Å². The van der Waals surface area contributed by atoms with Gasteiger partial charge in [0.25, 0.3) is 0 Å². The van der Waals surface area contributed by atoms with Crippen molar-refractivity contribution in [3.63, 3.8) is 0 Å². The summed E-state index contributed by atoms with van der Waals surface area (Å²) >= 11 is 0. The Labute approximate surface area is 186 Å². The third-order valence-corrected chi connectivity index (χ3v) is 4.77. The van der Waals surface area contributed by atoms with Gasteiger partial charge in [-0.3, -0.25) is 0 Å². The summed E-state index contributed by atoms with van der Waals surface area (Å²) in [5.41, 5.74) is 9.85. The van der Waals surface area contributed by atoms with Crippen molar-refractivity contribution in [2.75, 3.05) is 0 Å². The molecule has 1 heterocycles. The first kappa shape index (κ1) is 22.5. The number of aryl methyl sites for hydroxylation is 1. The Kier molecular flexibility index (Phi) is 7.39. The second-order valence-electron chi connectivity index (χ2n) is 7.11. The first-order chi connectivity index (χ1) is 14.6. The quantitative estimate of drug-likeness (QED) is 0.415. The average Bonchev–Trinajstić information content (AvgIpc) is 3.21. The highest BCUT2D eigenvalue weighted by Crippen LogP contribution is 2.27. The summed E-state index contributed by atoms with van der Waals surface area (Å²) in [5, 5.41) is 3.77. The van der Waals surface area contributed by atoms with E-state index in [1.165, 1.54) is 6.07 Å². The minimum Gasteiger partial charge on any atom is -0.486 e. The van der Waals surface area contributed by atoms with Gasteiger partial charge in [-0.15, -0.1) is 12.4 Å². The van der Waals surface area contributed by atoms with Crippen molar-refractivity contribution in [2.24, 2.45) is 5.73 Å². The fourth-order valence-corrected chi connectivity index (χ4v) is 3.17. The van der Waals surface area contributed by atoms with E-state index in [0.717, 1.165) is 22.3 Å². The van der Waals surface area contributed by atoms with E-state index in [0.29, 0.717) is 24.7 Å². The molecule has 0 spiro atoms. The first-order valence-corrected chi connectivity index (χ1v) is 9.70. The molecule has 0 aliphatic carbocycles. The summed E-state index contributed by atoms with van der Waals surface area (Å²) < 4.78 is 25.3. The fourth-order valence-electron chi connectivity index (χ4n) is 3.17. The van der Waals surface area contributed by atoms with Crippen molar-refractivity contribution in [1.82, 2.24) is 10.1 Å². The number of hydrogen-bond acceptors (Lipinski definition) is 5. The molecule has 0 amide bonds. The predicted octanol–water partition coefficient (Wildman–Crippen LogP) is 5.43. The molecule has 0 aliphatic rings. The van der Waals surface area contributed by atoms with Crippen molar-refractivity contribution in [3.8, 4) is 16.9 Å². The van der Waals surface area contributed by atoms with Crippen LogP contribution in [0, 0.1) is 12.7 Å². The van der Waals surface area contributed by atoms with E-state index in [9.17, 15) is 4.39 Å². The number of aromatic nitrogens is 2. The van der Waals surface area contributed by atoms with Crippen molar-refractivity contribution in [3.05, 3.63) is 101 Å². The highest BCUT2D eigenvalue weighted by atomic mass is 35.5. The smallest absolute Gasteiger partial charge is 0.243 e. The van der Waals surface area contributed by atoms with Gasteiger partial charge in [0.2, 0.25) is 5.89 Å². The van der Waals surface area contributed by atoms with Gasteiger partial charge in [-0.25, -0.2) is 4.39 Å². The van der Waals surface area contributed by atoms with Gasteiger partial charge in [-0.2, -0.15) is 4.98 Å². The molecule has 4 aromatic rings. The highest BCUT2D eigenvalue weighted by molar-refractivity contribution is 5.85. The maximum atomic E-state index is 14.5. The third kappa shape index (κ3) is 5.69. The summed E-state index contributed by atoms with van der Waals surface area (Å²) in [7, 11) is 0. The van der Waals surface area contributed by atoms with Gasteiger partial charge in [0.1, 0.15) is 6.61 Å². The fraction of sp³-hybridized carbons (Fsp3) is 0.167. The van der Waals surface area contributed by atoms with Gasteiger partial charge in [0.05, 0.1) is 6.04 Å². The summed E-state index contributed by atoms with van der Waals surface area (Å²) in [4.78, 5) is 4.17. The molecule has 1 aromatic heterocycles. The van der Waals surface area contributed by atoms with Crippen molar-refractivity contribution in [1.29, 1.82) is 0 Å². The molecule has 1 unspecified atom stereocenters. The molecule has 0 radical (unpaired) electrons. The second kappa shape index (κ2) is 10.2. The van der Waals surface area contributed by atoms with Crippen molar-refractivity contribution >= 4 is 12.4 Å². The van der Waals surface area contributed by atoms with Crippen LogP contribution in [0.3, 0.4) is 0 Å². The predicted molar refractivity (Wildman–Crippen MR) is 120 cm³/mol. The van der Waals surface area contributed by atoms with Crippen molar-refractivity contribution < 1.29 is 13.7 Å². The van der Waals surface area contributed by atoms with Gasteiger partial charge in [-0.05, 0) is 47.7 Å². The molecule has 0 fully saturated rings. The molecule has 0 aliphatic heterocycles. The number of nitrogens with zero attached hydrogens (tertiary/aromatic N) is 2. The first-order valence-electron chi connectivity index (χ1n) is 9.70. The Bertz CT molecular complexity index is 1120. The Morgan fingerprint density at radius 1 is 0.968 bits per heavy atom. The number of halogens is 2. The standard InChI is InChI=1S/C24H22FN3O2.ClH/c1-16-27-24(30-28-16)22(26)13-17-7-9-19(10-8-17)20-11-12-23(21(25)14-20)29-15-18-5-3-2-4-6-18;/h2-12,14,22H,13,15,26H2,1H3;1H. The monoisotopic (exact) mass is 439 g/mol. The van der Waals surface area contributed by atoms with Crippen LogP contribution < -0.4 is 10.5 Å². The average molecular weight is 440 g/mol. The Balaban J connectivity index is 0.00000272. The minimum absolute atomic E-state index is 0. The van der Waals surface area contributed by atoms with Gasteiger partial charge in [0, 0.05) is 0 Å². The molecule has 5 nitrogen and oxygen atoms in total. The lowest BCUT2D eigenvalue weighted by molar-refractivity contribution is 0.290. The molecule has 3 aromatic carbocycles. The van der Waals surface area contributed by atoms with Crippen molar-refractivity contribution in [2.45, 2.75) is 26.0 Å². The molecule has 2 N–H and O–H groups in total. The summed E-state index contributed by atoms with van der Waals surface area (Å²) in [5.74, 6) is 0.833. The van der Waals surface area contributed by atoms with Crippen LogP contribution in [-0.2, 0) is 13.0 Å². The highest BCUT2D eigenvalue weighted by Gasteiger charge is 2.14. The molecule has 0 saturated heterocycles. The lowest BCUT2D eigenvalue weighted by Gasteiger charge is -2.10. The van der Waals surface area contributed by atoms with Crippen LogP contribution in [0.25, 0.3) is 11.1 Å². The van der Waals surface area contributed by atoms with Crippen LogP contribution >= 0.6 is 12.4 Å². The third-order valence-electron chi connectivity index (χ3n) is 4.77. The van der Waals surface area contributed by atoms with E-state index in [-0.39, 0.29) is 30.0 Å². The molecular weight excluding hydrogens is 417 g/mol. The molecule has 160 valence electrons. The Morgan fingerprint density at radius 2 is 1.68 bits per heavy atom. The lowest BCUT2D eigenvalue weighted by atomic mass is 10.0. The summed E-state index contributed by atoms with van der Waals surface area (Å²) in [6.45, 7) is 2.08. The van der Waals surface area contributed by atoms with E-state index >= 15 is 0 Å². The van der Waals surface area contributed by atoms with Crippen LogP contribution in [0.5, 0.6) is 5.75 Å². The number of benzene rings is 3. The number of hydrogen-bond donors (Lipinski definition) is 1. The van der Waals surface area contributed by atoms with Crippen LogP contribution in [0.1, 0.15) is 28.9 Å². The zero-order valence-electron chi connectivity index (χ0n) is 17.0. The lowest BCUT2D eigenvalue weighted by Crippen LogP contribution is -2.13. The Hall–Kier alpha value is -3.22. The van der Waals surface area contributed by atoms with Crippen LogP contribution in [0.2, 0.25) is 0 Å². The number of rotatable bonds is 7. The van der Waals surface area contributed by atoms with Crippen LogP contribution in [0.15, 0.2) is 77.3 Å². The molecular formula is C24H23ClFN3O2. The number of nitrogens with two attached hydrogens (primary N) is 1. The van der Waals surface area contributed by atoms with Gasteiger partial charge >= 0.3 is 0 Å². The van der Waals surface area contributed by atoms with E-state index in [1.807, 2.05) is 60.7 Å². The molecule has 1 atom stereocenters.